The maximum absolute atomic E-state index is 13.2. The maximum Gasteiger partial charge on any atom is 0.255 e. The van der Waals surface area contributed by atoms with Gasteiger partial charge in [0.25, 0.3) is 5.91 Å². The summed E-state index contributed by atoms with van der Waals surface area (Å²) < 4.78 is 14.8. The number of piperidine rings is 1. The molecule has 3 heterocycles. The van der Waals surface area contributed by atoms with Crippen LogP contribution in [0.15, 0.2) is 42.5 Å². The van der Waals surface area contributed by atoms with Crippen molar-refractivity contribution in [1.29, 1.82) is 0 Å². The molecule has 2 aromatic carbocycles. The van der Waals surface area contributed by atoms with Crippen LogP contribution in [0.4, 0.5) is 4.39 Å². The Labute approximate surface area is 176 Å². The third kappa shape index (κ3) is 3.27. The van der Waals surface area contributed by atoms with Crippen LogP contribution in [0.5, 0.6) is 0 Å². The number of imide groups is 1. The van der Waals surface area contributed by atoms with Gasteiger partial charge in [0, 0.05) is 36.7 Å². The summed E-state index contributed by atoms with van der Waals surface area (Å²) in [5.41, 5.74) is 2.79. The second kappa shape index (κ2) is 7.12. The van der Waals surface area contributed by atoms with E-state index in [4.69, 9.17) is 0 Å². The zero-order chi connectivity index (χ0) is 21.7. The maximum atomic E-state index is 13.2. The largest absolute Gasteiger partial charge is 0.322 e. The van der Waals surface area contributed by atoms with E-state index < -0.39 is 11.9 Å². The van der Waals surface area contributed by atoms with Crippen LogP contribution in [0.3, 0.4) is 0 Å². The van der Waals surface area contributed by atoms with Crippen molar-refractivity contribution in [2.24, 2.45) is 7.05 Å². The van der Waals surface area contributed by atoms with Crippen LogP contribution in [0, 0.1) is 5.82 Å². The summed E-state index contributed by atoms with van der Waals surface area (Å²) in [5, 5.41) is 6.77. The second-order valence-corrected chi connectivity index (χ2v) is 7.66. The Balaban J connectivity index is 1.43. The third-order valence-electron chi connectivity index (χ3n) is 5.65. The molecule has 0 aliphatic carbocycles. The first-order chi connectivity index (χ1) is 14.9. The van der Waals surface area contributed by atoms with E-state index in [1.807, 2.05) is 6.07 Å². The molecular weight excluding hydrogens is 401 g/mol. The minimum atomic E-state index is -0.654. The molecule has 156 valence electrons. The molecule has 0 spiro atoms. The predicted octanol–water partition coefficient (Wildman–Crippen LogP) is 2.05. The quantitative estimate of drug-likeness (QED) is 0.656. The van der Waals surface area contributed by atoms with E-state index in [1.54, 1.807) is 36.0 Å². The Bertz CT molecular complexity index is 1230. The molecule has 1 saturated heterocycles. The Hall–Kier alpha value is -3.88. The SMILES string of the molecule is Cn1nc(-c2ccc3c(c2)CN(C2CCC(=O)NC2=O)C3=O)nc1-c1ccc(F)cc1. The first-order valence-corrected chi connectivity index (χ1v) is 9.85. The summed E-state index contributed by atoms with van der Waals surface area (Å²) in [4.78, 5) is 42.5. The van der Waals surface area contributed by atoms with Gasteiger partial charge in [-0.05, 0) is 48.4 Å². The average Bonchev–Trinajstić information content (AvgIpc) is 3.29. The lowest BCUT2D eigenvalue weighted by Gasteiger charge is -2.29. The number of aromatic nitrogens is 3. The van der Waals surface area contributed by atoms with Crippen LogP contribution in [-0.2, 0) is 23.2 Å². The number of amides is 3. The fourth-order valence-corrected chi connectivity index (χ4v) is 4.07. The lowest BCUT2D eigenvalue weighted by Crippen LogP contribution is -2.52. The molecule has 8 nitrogen and oxygen atoms in total. The standard InChI is InChI=1S/C22H18FN5O3/c1-27-20(12-2-5-15(23)6-3-12)25-19(26-27)13-4-7-16-14(10-13)11-28(22(16)31)17-8-9-18(29)24-21(17)30/h2-7,10,17H,8-9,11H2,1H3,(H,24,29,30). The highest BCUT2D eigenvalue weighted by atomic mass is 19.1. The van der Waals surface area contributed by atoms with Gasteiger partial charge in [-0.1, -0.05) is 6.07 Å². The number of hydrogen-bond acceptors (Lipinski definition) is 5. The highest BCUT2D eigenvalue weighted by Crippen LogP contribution is 2.31. The van der Waals surface area contributed by atoms with Gasteiger partial charge in [-0.15, -0.1) is 0 Å². The van der Waals surface area contributed by atoms with Crippen LogP contribution in [0.1, 0.15) is 28.8 Å². The van der Waals surface area contributed by atoms with Crippen molar-refractivity contribution in [3.63, 3.8) is 0 Å². The van der Waals surface area contributed by atoms with Crippen LogP contribution < -0.4 is 5.32 Å². The van der Waals surface area contributed by atoms with Crippen molar-refractivity contribution in [3.05, 3.63) is 59.4 Å². The van der Waals surface area contributed by atoms with E-state index in [2.05, 4.69) is 15.4 Å². The van der Waals surface area contributed by atoms with Gasteiger partial charge in [0.2, 0.25) is 11.8 Å². The van der Waals surface area contributed by atoms with Gasteiger partial charge in [0.15, 0.2) is 11.6 Å². The number of nitrogens with one attached hydrogen (secondary N) is 1. The number of aryl methyl sites for hydroxylation is 1. The number of rotatable bonds is 3. The van der Waals surface area contributed by atoms with Crippen molar-refractivity contribution >= 4 is 17.7 Å². The molecule has 9 heteroatoms. The van der Waals surface area contributed by atoms with Crippen LogP contribution in [-0.4, -0.2) is 43.4 Å². The van der Waals surface area contributed by atoms with Crippen LogP contribution >= 0.6 is 0 Å². The first kappa shape index (κ1) is 19.1. The molecule has 1 unspecified atom stereocenters. The topological polar surface area (TPSA) is 97.2 Å². The highest BCUT2D eigenvalue weighted by Gasteiger charge is 2.39. The Morgan fingerprint density at radius 2 is 1.81 bits per heavy atom. The Morgan fingerprint density at radius 3 is 2.55 bits per heavy atom. The Kier molecular flexibility index (Phi) is 4.39. The van der Waals surface area contributed by atoms with Crippen molar-refractivity contribution in [2.45, 2.75) is 25.4 Å². The van der Waals surface area contributed by atoms with E-state index in [-0.39, 0.29) is 30.6 Å². The van der Waals surface area contributed by atoms with Gasteiger partial charge < -0.3 is 4.90 Å². The Morgan fingerprint density at radius 1 is 1.06 bits per heavy atom. The molecule has 1 atom stereocenters. The lowest BCUT2D eigenvalue weighted by atomic mass is 10.0. The number of halogens is 1. The highest BCUT2D eigenvalue weighted by molar-refractivity contribution is 6.05. The zero-order valence-corrected chi connectivity index (χ0v) is 16.6. The van der Waals surface area contributed by atoms with Crippen molar-refractivity contribution in [2.75, 3.05) is 0 Å². The minimum Gasteiger partial charge on any atom is -0.322 e. The smallest absolute Gasteiger partial charge is 0.255 e. The number of nitrogens with zero attached hydrogens (tertiary/aromatic N) is 4. The minimum absolute atomic E-state index is 0.214. The van der Waals surface area contributed by atoms with Crippen LogP contribution in [0.2, 0.25) is 0 Å². The first-order valence-electron chi connectivity index (χ1n) is 9.85. The molecule has 2 aliphatic rings. The van der Waals surface area contributed by atoms with Crippen molar-refractivity contribution in [1.82, 2.24) is 25.0 Å². The van der Waals surface area contributed by atoms with E-state index in [0.29, 0.717) is 23.6 Å². The molecule has 1 aromatic heterocycles. The van der Waals surface area contributed by atoms with E-state index in [1.165, 1.54) is 17.0 Å². The molecule has 5 rings (SSSR count). The predicted molar refractivity (Wildman–Crippen MR) is 108 cm³/mol. The number of fused-ring (bicyclic) bond motifs is 1. The number of carbonyl (C=O) groups excluding carboxylic acids is 3. The summed E-state index contributed by atoms with van der Waals surface area (Å²) in [7, 11) is 1.76. The number of carbonyl (C=O) groups is 3. The van der Waals surface area contributed by atoms with Gasteiger partial charge in [-0.2, -0.15) is 5.10 Å². The van der Waals surface area contributed by atoms with Crippen LogP contribution in [0.25, 0.3) is 22.8 Å². The summed E-state index contributed by atoms with van der Waals surface area (Å²) in [6, 6.07) is 10.7. The molecule has 1 N–H and O–H groups in total. The van der Waals surface area contributed by atoms with Gasteiger partial charge >= 0.3 is 0 Å². The summed E-state index contributed by atoms with van der Waals surface area (Å²) in [6.07, 6.45) is 0.534. The summed E-state index contributed by atoms with van der Waals surface area (Å²) >= 11 is 0. The summed E-state index contributed by atoms with van der Waals surface area (Å²) in [6.45, 7) is 0.284. The van der Waals surface area contributed by atoms with Crippen molar-refractivity contribution < 1.29 is 18.8 Å². The van der Waals surface area contributed by atoms with Gasteiger partial charge in [-0.3, -0.25) is 19.7 Å². The fraction of sp³-hybridized carbons (Fsp3) is 0.227. The molecule has 0 bridgehead atoms. The second-order valence-electron chi connectivity index (χ2n) is 7.66. The normalized spacial score (nSPS) is 18.3. The molecule has 3 aromatic rings. The molecule has 0 saturated carbocycles. The zero-order valence-electron chi connectivity index (χ0n) is 16.6. The van der Waals surface area contributed by atoms with E-state index >= 15 is 0 Å². The van der Waals surface area contributed by atoms with Gasteiger partial charge in [-0.25, -0.2) is 14.1 Å². The van der Waals surface area contributed by atoms with Gasteiger partial charge in [0.05, 0.1) is 0 Å². The third-order valence-corrected chi connectivity index (χ3v) is 5.65. The molecule has 0 radical (unpaired) electrons. The van der Waals surface area contributed by atoms with E-state index in [0.717, 1.165) is 16.7 Å². The number of hydrogen-bond donors (Lipinski definition) is 1. The molecule has 3 amide bonds. The number of benzene rings is 2. The molecule has 31 heavy (non-hydrogen) atoms. The molecule has 1 fully saturated rings. The van der Waals surface area contributed by atoms with Crippen molar-refractivity contribution in [3.8, 4) is 22.8 Å². The molecular formula is C22H18FN5O3. The fourth-order valence-electron chi connectivity index (χ4n) is 4.07. The van der Waals surface area contributed by atoms with E-state index in [9.17, 15) is 18.8 Å². The van der Waals surface area contributed by atoms with Gasteiger partial charge in [0.1, 0.15) is 11.9 Å². The lowest BCUT2D eigenvalue weighted by molar-refractivity contribution is -0.136. The monoisotopic (exact) mass is 419 g/mol. The summed E-state index contributed by atoms with van der Waals surface area (Å²) in [5.74, 6) is -0.223. The molecule has 2 aliphatic heterocycles. The average molecular weight is 419 g/mol.